The van der Waals surface area contributed by atoms with Gasteiger partial charge in [0, 0.05) is 18.7 Å². The Bertz CT molecular complexity index is 502. The molecule has 2 aliphatic heterocycles. The third-order valence-corrected chi connectivity index (χ3v) is 3.13. The highest BCUT2D eigenvalue weighted by Crippen LogP contribution is 2.43. The molecule has 1 fully saturated rings. The molecule has 0 radical (unpaired) electrons. The largest absolute Gasteiger partial charge is 0.456 e. The van der Waals surface area contributed by atoms with E-state index in [1.165, 1.54) is 12.3 Å². The van der Waals surface area contributed by atoms with Crippen molar-refractivity contribution in [2.75, 3.05) is 13.3 Å². The summed E-state index contributed by atoms with van der Waals surface area (Å²) in [4.78, 5) is 14.7. The molecule has 1 N–H and O–H groups in total. The van der Waals surface area contributed by atoms with Crippen LogP contribution in [0.5, 0.6) is 6.01 Å². The van der Waals surface area contributed by atoms with E-state index in [-0.39, 0.29) is 12.4 Å². The monoisotopic (exact) mass is 302 g/mol. The minimum absolute atomic E-state index is 0.179. The summed E-state index contributed by atoms with van der Waals surface area (Å²) >= 11 is 0. The summed E-state index contributed by atoms with van der Waals surface area (Å²) in [5.41, 5.74) is -1.59. The zero-order valence-corrected chi connectivity index (χ0v) is 12.9. The Kier molecular flexibility index (Phi) is 6.29. The number of ether oxygens (including phenoxy) is 2. The molecule has 21 heavy (non-hydrogen) atoms. The maximum atomic E-state index is 12.9. The average Bonchev–Trinajstić information content (AvgIpc) is 3.05. The van der Waals surface area contributed by atoms with Crippen LogP contribution in [0.15, 0.2) is 17.1 Å². The van der Waals surface area contributed by atoms with Gasteiger partial charge in [-0.2, -0.15) is 4.98 Å². The van der Waals surface area contributed by atoms with E-state index in [2.05, 4.69) is 4.98 Å². The Hall–Kier alpha value is -1.47. The minimum atomic E-state index is -1.20. The molecule has 120 valence electrons. The molecule has 0 aromatic carbocycles. The van der Waals surface area contributed by atoms with E-state index in [0.717, 1.165) is 0 Å². The van der Waals surface area contributed by atoms with Gasteiger partial charge in [-0.05, 0) is 0 Å². The molecule has 6 nitrogen and oxygen atoms in total. The van der Waals surface area contributed by atoms with Crippen LogP contribution in [0.4, 0.5) is 4.39 Å². The molecular weight excluding hydrogens is 279 g/mol. The molecular formula is C14H23FN2O4. The van der Waals surface area contributed by atoms with Gasteiger partial charge in [-0.25, -0.2) is 4.39 Å². The lowest BCUT2D eigenvalue weighted by Gasteiger charge is -2.23. The minimum Gasteiger partial charge on any atom is -0.456 e. The summed E-state index contributed by atoms with van der Waals surface area (Å²) in [5, 5.41) is 9.17. The Labute approximate surface area is 123 Å². The second-order valence-corrected chi connectivity index (χ2v) is 4.30. The molecule has 1 saturated heterocycles. The van der Waals surface area contributed by atoms with Crippen molar-refractivity contribution in [3.8, 4) is 6.01 Å². The highest BCUT2D eigenvalue weighted by molar-refractivity contribution is 5.10. The van der Waals surface area contributed by atoms with Crippen molar-refractivity contribution in [1.29, 1.82) is 0 Å². The quantitative estimate of drug-likeness (QED) is 0.899. The van der Waals surface area contributed by atoms with Crippen molar-refractivity contribution in [2.24, 2.45) is 0 Å². The van der Waals surface area contributed by atoms with Crippen LogP contribution in [0, 0.1) is 0 Å². The zero-order valence-electron chi connectivity index (χ0n) is 12.9. The Morgan fingerprint density at radius 2 is 2.14 bits per heavy atom. The van der Waals surface area contributed by atoms with E-state index in [1.54, 1.807) is 4.57 Å². The zero-order chi connectivity index (χ0) is 16.0. The molecule has 7 heteroatoms. The predicted molar refractivity (Wildman–Crippen MR) is 76.1 cm³/mol. The van der Waals surface area contributed by atoms with Crippen LogP contribution in [0.2, 0.25) is 0 Å². The van der Waals surface area contributed by atoms with Gasteiger partial charge >= 0.3 is 6.01 Å². The SMILES string of the molecule is CC.CC.O=c1ccn2c(n1)OC1C[C@](CO)(CF)OC12. The number of nitrogens with zero attached hydrogens (tertiary/aromatic N) is 2. The molecule has 0 amide bonds. The average molecular weight is 302 g/mol. The fourth-order valence-electron chi connectivity index (χ4n) is 2.23. The summed E-state index contributed by atoms with van der Waals surface area (Å²) in [6.07, 6.45) is 0.802. The summed E-state index contributed by atoms with van der Waals surface area (Å²) in [7, 11) is 0. The first kappa shape index (κ1) is 17.6. The van der Waals surface area contributed by atoms with E-state index < -0.39 is 36.8 Å². The van der Waals surface area contributed by atoms with Gasteiger partial charge in [0.05, 0.1) is 6.61 Å². The van der Waals surface area contributed by atoms with Crippen LogP contribution >= 0.6 is 0 Å². The lowest BCUT2D eigenvalue weighted by atomic mass is 10.0. The van der Waals surface area contributed by atoms with E-state index >= 15 is 0 Å². The van der Waals surface area contributed by atoms with Crippen molar-refractivity contribution in [2.45, 2.75) is 52.0 Å². The first-order valence-electron chi connectivity index (χ1n) is 7.28. The van der Waals surface area contributed by atoms with Crippen LogP contribution in [0.25, 0.3) is 0 Å². The summed E-state index contributed by atoms with van der Waals surface area (Å²) < 4.78 is 25.4. The van der Waals surface area contributed by atoms with Crippen molar-refractivity contribution >= 4 is 0 Å². The smallest absolute Gasteiger partial charge is 0.302 e. The van der Waals surface area contributed by atoms with Gasteiger partial charge in [-0.3, -0.25) is 9.36 Å². The lowest BCUT2D eigenvalue weighted by Crippen LogP contribution is -2.36. The molecule has 0 aliphatic carbocycles. The Morgan fingerprint density at radius 3 is 2.71 bits per heavy atom. The number of aliphatic hydroxyl groups excluding tert-OH is 1. The van der Waals surface area contributed by atoms with E-state index in [9.17, 15) is 9.18 Å². The second kappa shape index (κ2) is 7.51. The Balaban J connectivity index is 0.000000510. The second-order valence-electron chi connectivity index (χ2n) is 4.30. The fourth-order valence-corrected chi connectivity index (χ4v) is 2.23. The van der Waals surface area contributed by atoms with Gasteiger partial charge < -0.3 is 14.6 Å². The third kappa shape index (κ3) is 3.24. The van der Waals surface area contributed by atoms with Crippen LogP contribution in [0.3, 0.4) is 0 Å². The summed E-state index contributed by atoms with van der Waals surface area (Å²) in [5.74, 6) is 0. The van der Waals surface area contributed by atoms with Crippen LogP contribution in [-0.4, -0.2) is 39.6 Å². The molecule has 2 aliphatic rings. The third-order valence-electron chi connectivity index (χ3n) is 3.13. The number of aliphatic hydroxyl groups is 1. The van der Waals surface area contributed by atoms with E-state index in [1.807, 2.05) is 27.7 Å². The lowest BCUT2D eigenvalue weighted by molar-refractivity contribution is -0.108. The standard InChI is InChI=1S/C10H11FN2O4.2C2H6/c11-4-10(5-14)3-6-8(17-10)13-2-1-7(15)12-9(13)16-6;2*1-2/h1-2,6,8,14H,3-5H2;2*1-2H3/t6?,8?,10-;;/m1../s1. The summed E-state index contributed by atoms with van der Waals surface area (Å²) in [6, 6.07) is 1.46. The van der Waals surface area contributed by atoms with Gasteiger partial charge in [0.25, 0.3) is 5.56 Å². The molecule has 3 atom stereocenters. The first-order valence-corrected chi connectivity index (χ1v) is 7.28. The van der Waals surface area contributed by atoms with Crippen LogP contribution in [0.1, 0.15) is 40.3 Å². The number of halogens is 1. The predicted octanol–water partition coefficient (Wildman–Crippen LogP) is 1.68. The fraction of sp³-hybridized carbons (Fsp3) is 0.714. The van der Waals surface area contributed by atoms with Crippen molar-refractivity contribution in [3.63, 3.8) is 0 Å². The molecule has 3 heterocycles. The van der Waals surface area contributed by atoms with Gasteiger partial charge in [-0.15, -0.1) is 0 Å². The topological polar surface area (TPSA) is 73.6 Å². The van der Waals surface area contributed by atoms with Crippen LogP contribution in [-0.2, 0) is 4.74 Å². The molecule has 2 unspecified atom stereocenters. The molecule has 0 spiro atoms. The molecule has 1 aromatic rings. The number of rotatable bonds is 2. The maximum Gasteiger partial charge on any atom is 0.302 e. The highest BCUT2D eigenvalue weighted by atomic mass is 19.1. The highest BCUT2D eigenvalue weighted by Gasteiger charge is 2.52. The number of fused-ring (bicyclic) bond motifs is 3. The van der Waals surface area contributed by atoms with Crippen molar-refractivity contribution in [3.05, 3.63) is 22.6 Å². The summed E-state index contributed by atoms with van der Waals surface area (Å²) in [6.45, 7) is 6.83. The Morgan fingerprint density at radius 1 is 1.48 bits per heavy atom. The van der Waals surface area contributed by atoms with Gasteiger partial charge in [0.2, 0.25) is 0 Å². The van der Waals surface area contributed by atoms with Crippen LogP contribution < -0.4 is 10.3 Å². The molecule has 0 bridgehead atoms. The first-order chi connectivity index (χ1) is 10.2. The molecule has 3 rings (SSSR count). The number of alkyl halides is 1. The maximum absolute atomic E-state index is 12.9. The number of hydrogen-bond donors (Lipinski definition) is 1. The van der Waals surface area contributed by atoms with E-state index in [0.29, 0.717) is 0 Å². The van der Waals surface area contributed by atoms with Gasteiger partial charge in [-0.1, -0.05) is 27.7 Å². The van der Waals surface area contributed by atoms with Gasteiger partial charge in [0.15, 0.2) is 12.3 Å². The normalized spacial score (nSPS) is 28.3. The van der Waals surface area contributed by atoms with E-state index in [4.69, 9.17) is 14.6 Å². The van der Waals surface area contributed by atoms with Gasteiger partial charge in [0.1, 0.15) is 12.3 Å². The van der Waals surface area contributed by atoms with Crippen molar-refractivity contribution < 1.29 is 19.0 Å². The number of hydrogen-bond acceptors (Lipinski definition) is 5. The molecule has 1 aromatic heterocycles. The molecule has 0 saturated carbocycles. The number of aromatic nitrogens is 2. The van der Waals surface area contributed by atoms with Crippen molar-refractivity contribution in [1.82, 2.24) is 9.55 Å².